The predicted molar refractivity (Wildman–Crippen MR) is 157 cm³/mol. The molecule has 0 unspecified atom stereocenters. The maximum absolute atomic E-state index is 10.3. The Kier molecular flexibility index (Phi) is 9.51. The third-order valence-electron chi connectivity index (χ3n) is 8.11. The number of aliphatic hydroxyl groups is 1. The number of rotatable bonds is 14. The molecule has 1 N–H and O–H groups in total. The summed E-state index contributed by atoms with van der Waals surface area (Å²) in [5.74, 6) is -0.913. The maximum Gasteiger partial charge on any atom is 0.198 e. The van der Waals surface area contributed by atoms with E-state index in [2.05, 4.69) is 68.1 Å². The highest BCUT2D eigenvalue weighted by molar-refractivity contribution is 5.38. The Morgan fingerprint density at radius 3 is 2.55 bits per heavy atom. The molecule has 2 aliphatic heterocycles. The number of hydrogen-bond acceptors (Lipinski definition) is 5. The first kappa shape index (κ1) is 28.7. The van der Waals surface area contributed by atoms with E-state index in [1.54, 1.807) is 6.08 Å². The van der Waals surface area contributed by atoms with E-state index in [1.807, 2.05) is 18.2 Å². The second kappa shape index (κ2) is 13.2. The molecule has 3 aromatic carbocycles. The minimum Gasteiger partial charge on any atom is -0.393 e. The minimum atomic E-state index is -0.913. The van der Waals surface area contributed by atoms with E-state index in [-0.39, 0.29) is 12.7 Å². The third kappa shape index (κ3) is 6.91. The lowest BCUT2D eigenvalue weighted by molar-refractivity contribution is -0.255. The molecule has 40 heavy (non-hydrogen) atoms. The van der Waals surface area contributed by atoms with Crippen LogP contribution in [-0.2, 0) is 44.2 Å². The monoisotopic (exact) mass is 542 g/mol. The van der Waals surface area contributed by atoms with Crippen molar-refractivity contribution in [2.75, 3.05) is 26.4 Å². The summed E-state index contributed by atoms with van der Waals surface area (Å²) in [5, 5.41) is 10.3. The summed E-state index contributed by atoms with van der Waals surface area (Å²) in [7, 11) is 0. The first-order valence-corrected chi connectivity index (χ1v) is 14.5. The molecule has 0 aliphatic carbocycles. The first-order chi connectivity index (χ1) is 19.5. The second-order valence-corrected chi connectivity index (χ2v) is 11.3. The average molecular weight is 543 g/mol. The van der Waals surface area contributed by atoms with Gasteiger partial charge in [-0.3, -0.25) is 0 Å². The Hall–Kier alpha value is -2.80. The molecule has 0 saturated carbocycles. The molecule has 5 nitrogen and oxygen atoms in total. The highest BCUT2D eigenvalue weighted by Crippen LogP contribution is 2.50. The minimum absolute atomic E-state index is 0.0746. The van der Waals surface area contributed by atoms with Gasteiger partial charge in [0.15, 0.2) is 5.79 Å². The van der Waals surface area contributed by atoms with Crippen LogP contribution >= 0.6 is 0 Å². The molecule has 5 heteroatoms. The quantitative estimate of drug-likeness (QED) is 0.188. The topological polar surface area (TPSA) is 57.2 Å². The van der Waals surface area contributed by atoms with Crippen molar-refractivity contribution < 1.29 is 24.1 Å². The molecular weight excluding hydrogens is 500 g/mol. The third-order valence-corrected chi connectivity index (χ3v) is 8.11. The molecule has 0 aromatic heterocycles. The average Bonchev–Trinajstić information content (AvgIpc) is 3.27. The van der Waals surface area contributed by atoms with Crippen LogP contribution in [-0.4, -0.2) is 43.2 Å². The molecular formula is C35H42O5. The van der Waals surface area contributed by atoms with Gasteiger partial charge < -0.3 is 24.1 Å². The molecule has 3 aromatic rings. The van der Waals surface area contributed by atoms with Crippen LogP contribution in [0.3, 0.4) is 0 Å². The van der Waals surface area contributed by atoms with Gasteiger partial charge in [0, 0.05) is 25.0 Å². The summed E-state index contributed by atoms with van der Waals surface area (Å²) < 4.78 is 24.8. The van der Waals surface area contributed by atoms with E-state index in [1.165, 1.54) is 22.3 Å². The van der Waals surface area contributed by atoms with E-state index in [0.29, 0.717) is 32.7 Å². The molecule has 2 saturated heterocycles. The fraction of sp³-hybridized carbons (Fsp3) is 0.429. The van der Waals surface area contributed by atoms with Crippen molar-refractivity contribution in [3.8, 4) is 0 Å². The molecule has 212 valence electrons. The molecule has 0 radical (unpaired) electrons. The van der Waals surface area contributed by atoms with Gasteiger partial charge in [0.1, 0.15) is 5.60 Å². The number of benzene rings is 3. The predicted octanol–water partition coefficient (Wildman–Crippen LogP) is 6.42. The number of aryl methyl sites for hydroxylation is 2. The van der Waals surface area contributed by atoms with Crippen LogP contribution in [0.2, 0.25) is 0 Å². The van der Waals surface area contributed by atoms with Gasteiger partial charge >= 0.3 is 0 Å². The maximum atomic E-state index is 10.3. The van der Waals surface area contributed by atoms with E-state index < -0.39 is 11.4 Å². The number of aliphatic hydroxyl groups excluding tert-OH is 1. The highest BCUT2D eigenvalue weighted by Gasteiger charge is 2.57. The van der Waals surface area contributed by atoms with Gasteiger partial charge in [0.2, 0.25) is 0 Å². The lowest BCUT2D eigenvalue weighted by Crippen LogP contribution is -2.48. The normalized spacial score (nSPS) is 23.8. The van der Waals surface area contributed by atoms with Gasteiger partial charge in [-0.25, -0.2) is 0 Å². The molecule has 0 amide bonds. The van der Waals surface area contributed by atoms with Crippen molar-refractivity contribution in [3.05, 3.63) is 119 Å². The summed E-state index contributed by atoms with van der Waals surface area (Å²) in [6, 6.07) is 25.6. The summed E-state index contributed by atoms with van der Waals surface area (Å²) in [4.78, 5) is 0. The van der Waals surface area contributed by atoms with Gasteiger partial charge in [-0.15, -0.1) is 6.58 Å². The SMILES string of the molecule is C=CCOCCCCc1ccc(Cc2cc([C@]34C[C@@H](OCc5ccccc5)C[C@](CO)(CO3)O4)ccc2C)cc1. The Bertz CT molecular complexity index is 1240. The van der Waals surface area contributed by atoms with Crippen LogP contribution in [0.15, 0.2) is 85.5 Å². The number of fused-ring (bicyclic) bond motifs is 2. The van der Waals surface area contributed by atoms with Crippen molar-refractivity contribution in [1.82, 2.24) is 0 Å². The van der Waals surface area contributed by atoms with Crippen molar-refractivity contribution in [1.29, 1.82) is 0 Å². The zero-order valence-corrected chi connectivity index (χ0v) is 23.6. The largest absolute Gasteiger partial charge is 0.393 e. The van der Waals surface area contributed by atoms with Gasteiger partial charge in [-0.05, 0) is 66.5 Å². The van der Waals surface area contributed by atoms with Crippen LogP contribution in [0.5, 0.6) is 0 Å². The summed E-state index contributed by atoms with van der Waals surface area (Å²) in [6.07, 6.45) is 7.00. The van der Waals surface area contributed by atoms with Gasteiger partial charge in [-0.2, -0.15) is 0 Å². The van der Waals surface area contributed by atoms with E-state index in [0.717, 1.165) is 43.4 Å². The lowest BCUT2D eigenvalue weighted by Gasteiger charge is -2.41. The number of unbranched alkanes of at least 4 members (excludes halogenated alkanes) is 1. The Labute approximate surface area is 238 Å². The van der Waals surface area contributed by atoms with Crippen LogP contribution in [0.4, 0.5) is 0 Å². The van der Waals surface area contributed by atoms with Crippen molar-refractivity contribution in [3.63, 3.8) is 0 Å². The first-order valence-electron chi connectivity index (χ1n) is 14.5. The van der Waals surface area contributed by atoms with Crippen molar-refractivity contribution >= 4 is 0 Å². The second-order valence-electron chi connectivity index (χ2n) is 11.3. The summed E-state index contributed by atoms with van der Waals surface area (Å²) >= 11 is 0. The Morgan fingerprint density at radius 1 is 0.975 bits per heavy atom. The van der Waals surface area contributed by atoms with Crippen molar-refractivity contribution in [2.24, 2.45) is 0 Å². The molecule has 2 bridgehead atoms. The number of hydrogen-bond donors (Lipinski definition) is 1. The van der Waals surface area contributed by atoms with Crippen LogP contribution in [0, 0.1) is 6.92 Å². The van der Waals surface area contributed by atoms with Gasteiger partial charge in [0.25, 0.3) is 0 Å². The molecule has 0 spiro atoms. The van der Waals surface area contributed by atoms with Crippen LogP contribution in [0.1, 0.15) is 59.1 Å². The molecule has 2 heterocycles. The zero-order chi connectivity index (χ0) is 27.8. The van der Waals surface area contributed by atoms with Crippen molar-refractivity contribution in [2.45, 2.75) is 69.5 Å². The van der Waals surface area contributed by atoms with Crippen LogP contribution < -0.4 is 0 Å². The lowest BCUT2D eigenvalue weighted by atomic mass is 9.87. The van der Waals surface area contributed by atoms with Crippen LogP contribution in [0.25, 0.3) is 0 Å². The van der Waals surface area contributed by atoms with Gasteiger partial charge in [0.05, 0.1) is 32.5 Å². The summed E-state index contributed by atoms with van der Waals surface area (Å²) in [5.41, 5.74) is 6.51. The smallest absolute Gasteiger partial charge is 0.198 e. The Balaban J connectivity index is 1.25. The van der Waals surface area contributed by atoms with E-state index in [4.69, 9.17) is 18.9 Å². The molecule has 2 fully saturated rings. The fourth-order valence-electron chi connectivity index (χ4n) is 5.80. The highest BCUT2D eigenvalue weighted by atomic mass is 16.8. The molecule has 2 aliphatic rings. The zero-order valence-electron chi connectivity index (χ0n) is 23.6. The Morgan fingerprint density at radius 2 is 1.77 bits per heavy atom. The summed E-state index contributed by atoms with van der Waals surface area (Å²) in [6.45, 7) is 8.04. The standard InChI is InChI=1S/C35H42O5/c1-3-18-37-19-8-7-9-28-13-15-29(16-14-28)20-31-21-32(17-12-27(31)2)35-23-33(22-34(25-36,40-35)26-39-35)38-24-30-10-5-4-6-11-30/h3-6,10-17,21,33,36H,1,7-9,18-20,22-26H2,2H3/t33-,34-,35+/m0/s1. The molecule has 3 atom stereocenters. The van der Waals surface area contributed by atoms with E-state index in [9.17, 15) is 5.11 Å². The van der Waals surface area contributed by atoms with Gasteiger partial charge in [-0.1, -0.05) is 72.8 Å². The number of ether oxygens (including phenoxy) is 4. The fourth-order valence-corrected chi connectivity index (χ4v) is 5.80. The van der Waals surface area contributed by atoms with E-state index >= 15 is 0 Å². The molecule has 5 rings (SSSR count).